The maximum absolute atomic E-state index is 13.4. The van der Waals surface area contributed by atoms with Gasteiger partial charge in [-0.25, -0.2) is 4.98 Å². The van der Waals surface area contributed by atoms with Crippen LogP contribution in [0.5, 0.6) is 0 Å². The summed E-state index contributed by atoms with van der Waals surface area (Å²) in [6.07, 6.45) is 3.04. The minimum atomic E-state index is -0.0511. The van der Waals surface area contributed by atoms with E-state index in [4.69, 9.17) is 21.8 Å². The van der Waals surface area contributed by atoms with Gasteiger partial charge in [0.25, 0.3) is 5.56 Å². The van der Waals surface area contributed by atoms with Gasteiger partial charge in [0.15, 0.2) is 5.16 Å². The normalized spacial score (nSPS) is 16.4. The highest BCUT2D eigenvalue weighted by Gasteiger charge is 2.25. The van der Waals surface area contributed by atoms with Gasteiger partial charge in [0.1, 0.15) is 4.83 Å². The van der Waals surface area contributed by atoms with Gasteiger partial charge in [-0.05, 0) is 55.0 Å². The van der Waals surface area contributed by atoms with E-state index in [1.54, 1.807) is 28.0 Å². The maximum atomic E-state index is 13.4. The van der Waals surface area contributed by atoms with Crippen LogP contribution in [0.4, 0.5) is 0 Å². The van der Waals surface area contributed by atoms with E-state index in [1.807, 2.05) is 12.1 Å². The summed E-state index contributed by atoms with van der Waals surface area (Å²) in [6, 6.07) is 9.27. The molecule has 1 unspecified atom stereocenters. The number of fused-ring (bicyclic) bond motifs is 3. The van der Waals surface area contributed by atoms with Crippen LogP contribution < -0.4 is 5.56 Å². The van der Waals surface area contributed by atoms with Gasteiger partial charge in [0.2, 0.25) is 0 Å². The van der Waals surface area contributed by atoms with Crippen LogP contribution in [-0.4, -0.2) is 15.3 Å². The van der Waals surface area contributed by atoms with Crippen LogP contribution in [0.3, 0.4) is 0 Å². The second-order valence-corrected chi connectivity index (χ2v) is 8.95. The van der Waals surface area contributed by atoms with E-state index >= 15 is 0 Å². The molecule has 0 aliphatic heterocycles. The van der Waals surface area contributed by atoms with E-state index in [0.29, 0.717) is 16.1 Å². The molecule has 0 radical (unpaired) electrons. The van der Waals surface area contributed by atoms with E-state index in [2.05, 4.69) is 13.0 Å². The summed E-state index contributed by atoms with van der Waals surface area (Å²) in [7, 11) is 0. The lowest BCUT2D eigenvalue weighted by atomic mass is 9.89. The third-order valence-electron chi connectivity index (χ3n) is 4.65. The number of hydrogen-bond acceptors (Lipinski definition) is 5. The van der Waals surface area contributed by atoms with Gasteiger partial charge in [-0.15, -0.1) is 11.3 Å². The number of benzene rings is 1. The summed E-state index contributed by atoms with van der Waals surface area (Å²) in [5.74, 6) is 0.884. The van der Waals surface area contributed by atoms with E-state index in [1.165, 1.54) is 22.2 Å². The lowest BCUT2D eigenvalue weighted by molar-refractivity contribution is 0.509. The van der Waals surface area contributed by atoms with Crippen molar-refractivity contribution in [1.29, 1.82) is 5.26 Å². The summed E-state index contributed by atoms with van der Waals surface area (Å²) in [6.45, 7) is 2.25. The zero-order chi connectivity index (χ0) is 18.3. The third kappa shape index (κ3) is 3.05. The highest BCUT2D eigenvalue weighted by atomic mass is 35.5. The summed E-state index contributed by atoms with van der Waals surface area (Å²) in [4.78, 5) is 20.3. The van der Waals surface area contributed by atoms with Crippen LogP contribution in [0.25, 0.3) is 15.9 Å². The molecule has 132 valence electrons. The van der Waals surface area contributed by atoms with Crippen molar-refractivity contribution in [3.63, 3.8) is 0 Å². The molecule has 0 bridgehead atoms. The molecule has 1 aromatic carbocycles. The largest absolute Gasteiger partial charge is 0.268 e. The summed E-state index contributed by atoms with van der Waals surface area (Å²) >= 11 is 8.91. The van der Waals surface area contributed by atoms with E-state index in [9.17, 15) is 4.79 Å². The quantitative estimate of drug-likeness (QED) is 0.465. The van der Waals surface area contributed by atoms with Crippen molar-refractivity contribution in [3.05, 3.63) is 50.1 Å². The number of hydrogen-bond donors (Lipinski definition) is 0. The summed E-state index contributed by atoms with van der Waals surface area (Å²) in [5, 5.41) is 10.9. The van der Waals surface area contributed by atoms with Crippen molar-refractivity contribution in [2.75, 3.05) is 5.75 Å². The second-order valence-electron chi connectivity index (χ2n) is 6.49. The van der Waals surface area contributed by atoms with Crippen molar-refractivity contribution < 1.29 is 0 Å². The summed E-state index contributed by atoms with van der Waals surface area (Å²) < 4.78 is 1.62. The van der Waals surface area contributed by atoms with Crippen LogP contribution in [0.1, 0.15) is 23.8 Å². The average Bonchev–Trinajstić information content (AvgIpc) is 2.98. The maximum Gasteiger partial charge on any atom is 0.267 e. The van der Waals surface area contributed by atoms with Gasteiger partial charge in [-0.3, -0.25) is 9.36 Å². The zero-order valence-corrected chi connectivity index (χ0v) is 16.5. The number of rotatable bonds is 3. The van der Waals surface area contributed by atoms with Crippen LogP contribution in [-0.2, 0) is 12.8 Å². The lowest BCUT2D eigenvalue weighted by Crippen LogP contribution is -2.22. The first-order chi connectivity index (χ1) is 12.6. The Morgan fingerprint density at radius 1 is 1.42 bits per heavy atom. The molecule has 0 N–H and O–H groups in total. The van der Waals surface area contributed by atoms with E-state index < -0.39 is 0 Å². The second kappa shape index (κ2) is 7.07. The Morgan fingerprint density at radius 3 is 2.92 bits per heavy atom. The predicted molar refractivity (Wildman–Crippen MR) is 108 cm³/mol. The molecule has 1 aliphatic carbocycles. The number of thiophene rings is 1. The first kappa shape index (κ1) is 17.6. The van der Waals surface area contributed by atoms with Crippen LogP contribution >= 0.6 is 34.7 Å². The van der Waals surface area contributed by atoms with E-state index in [-0.39, 0.29) is 11.3 Å². The van der Waals surface area contributed by atoms with Crippen molar-refractivity contribution in [2.45, 2.75) is 31.3 Å². The molecular weight excluding hydrogens is 386 g/mol. The monoisotopic (exact) mass is 401 g/mol. The molecule has 0 amide bonds. The van der Waals surface area contributed by atoms with Crippen molar-refractivity contribution in [3.8, 4) is 11.8 Å². The standard InChI is InChI=1S/C19H16ClN3OS2/c1-11-2-7-14-15(10-11)26-17-16(14)18(24)23(19(22-17)25-9-8-21)13-5-3-12(20)4-6-13/h3-6,11H,2,7,9-10H2,1H3. The van der Waals surface area contributed by atoms with Gasteiger partial charge in [0, 0.05) is 9.90 Å². The Kier molecular flexibility index (Phi) is 4.78. The van der Waals surface area contributed by atoms with Crippen molar-refractivity contribution in [2.24, 2.45) is 5.92 Å². The van der Waals surface area contributed by atoms with Crippen LogP contribution in [0, 0.1) is 17.2 Å². The molecule has 2 heterocycles. The SMILES string of the molecule is CC1CCc2c(sc3nc(SCC#N)n(-c4ccc(Cl)cc4)c(=O)c23)C1. The number of halogens is 1. The van der Waals surface area contributed by atoms with Gasteiger partial charge >= 0.3 is 0 Å². The number of thioether (sulfide) groups is 1. The molecule has 1 atom stereocenters. The Balaban J connectivity index is 1.98. The van der Waals surface area contributed by atoms with Crippen molar-refractivity contribution in [1.82, 2.24) is 9.55 Å². The molecule has 1 aliphatic rings. The van der Waals surface area contributed by atoms with Gasteiger partial charge in [-0.1, -0.05) is 30.3 Å². The van der Waals surface area contributed by atoms with Crippen molar-refractivity contribution >= 4 is 44.9 Å². The van der Waals surface area contributed by atoms with Crippen LogP contribution in [0.15, 0.2) is 34.2 Å². The average molecular weight is 402 g/mol. The molecule has 4 rings (SSSR count). The Labute approximate surface area is 164 Å². The molecule has 3 aromatic rings. The van der Waals surface area contributed by atoms with Gasteiger partial charge in [0.05, 0.1) is 22.9 Å². The fraction of sp³-hybridized carbons (Fsp3) is 0.316. The number of nitriles is 1. The first-order valence-electron chi connectivity index (χ1n) is 8.41. The lowest BCUT2D eigenvalue weighted by Gasteiger charge is -2.17. The summed E-state index contributed by atoms with van der Waals surface area (Å²) in [5.41, 5.74) is 1.84. The fourth-order valence-electron chi connectivity index (χ4n) is 3.38. The zero-order valence-electron chi connectivity index (χ0n) is 14.2. The molecule has 26 heavy (non-hydrogen) atoms. The molecule has 0 spiro atoms. The molecule has 0 saturated heterocycles. The van der Waals surface area contributed by atoms with E-state index in [0.717, 1.165) is 35.2 Å². The third-order valence-corrected chi connectivity index (χ3v) is 6.85. The van der Waals surface area contributed by atoms with Crippen LogP contribution in [0.2, 0.25) is 5.02 Å². The molecule has 0 fully saturated rings. The minimum absolute atomic E-state index is 0.0511. The predicted octanol–water partition coefficient (Wildman–Crippen LogP) is 4.84. The van der Waals surface area contributed by atoms with Gasteiger partial charge < -0.3 is 0 Å². The minimum Gasteiger partial charge on any atom is -0.268 e. The van der Waals surface area contributed by atoms with Gasteiger partial charge in [-0.2, -0.15) is 5.26 Å². The Morgan fingerprint density at radius 2 is 2.19 bits per heavy atom. The number of aromatic nitrogens is 2. The Hall–Kier alpha value is -1.81. The number of nitrogens with zero attached hydrogens (tertiary/aromatic N) is 3. The molecule has 0 saturated carbocycles. The topological polar surface area (TPSA) is 58.7 Å². The highest BCUT2D eigenvalue weighted by Crippen LogP contribution is 2.37. The Bertz CT molecular complexity index is 1080. The smallest absolute Gasteiger partial charge is 0.267 e. The molecular formula is C19H16ClN3OS2. The highest BCUT2D eigenvalue weighted by molar-refractivity contribution is 7.99. The fourth-order valence-corrected chi connectivity index (χ4v) is 5.61. The number of aryl methyl sites for hydroxylation is 1. The first-order valence-corrected chi connectivity index (χ1v) is 10.6. The molecule has 7 heteroatoms. The molecule has 2 aromatic heterocycles. The molecule has 4 nitrogen and oxygen atoms in total.